The van der Waals surface area contributed by atoms with E-state index in [0.29, 0.717) is 19.4 Å². The molecule has 1 aliphatic heterocycles. The maximum absolute atomic E-state index is 13.2. The molecule has 0 unspecified atom stereocenters. The van der Waals surface area contributed by atoms with Crippen molar-refractivity contribution < 1.29 is 19.4 Å². The molecule has 1 amide bonds. The number of benzene rings is 2. The first-order chi connectivity index (χ1) is 17.3. The van der Waals surface area contributed by atoms with Gasteiger partial charge in [0.15, 0.2) is 0 Å². The first-order valence-corrected chi connectivity index (χ1v) is 12.6. The molecule has 2 fully saturated rings. The van der Waals surface area contributed by atoms with Crippen LogP contribution in [0.3, 0.4) is 0 Å². The second kappa shape index (κ2) is 10.9. The molecule has 1 N–H and O–H groups in total. The summed E-state index contributed by atoms with van der Waals surface area (Å²) in [6, 6.07) is 15.7. The quantitative estimate of drug-likeness (QED) is 0.442. The minimum atomic E-state index is -0.891. The lowest BCUT2D eigenvalue weighted by Gasteiger charge is -2.59. The molecule has 0 radical (unpaired) electrons. The van der Waals surface area contributed by atoms with Gasteiger partial charge < -0.3 is 19.5 Å². The Labute approximate surface area is 214 Å². The van der Waals surface area contributed by atoms with E-state index in [1.54, 1.807) is 20.3 Å². The van der Waals surface area contributed by atoms with Gasteiger partial charge in [-0.05, 0) is 73.7 Å². The van der Waals surface area contributed by atoms with Gasteiger partial charge in [0.1, 0.15) is 11.5 Å². The van der Waals surface area contributed by atoms with Gasteiger partial charge in [0.2, 0.25) is 5.91 Å². The van der Waals surface area contributed by atoms with E-state index in [4.69, 9.17) is 9.47 Å². The number of hydrogen-bond acceptors (Lipinski definition) is 5. The molecule has 1 heterocycles. The second-order valence-electron chi connectivity index (χ2n) is 10.1. The number of ether oxygens (including phenoxy) is 2. The Morgan fingerprint density at radius 3 is 2.61 bits per heavy atom. The number of carbonyl (C=O) groups is 1. The minimum absolute atomic E-state index is 0.0184. The SMILES string of the molecule is C=CCN1CC[C@@]2(c3cccc(OC)c3)C[C@H](N(C)C(=O)C=Cc3cccc(OC)c3)CC[C@]2(O)C1. The van der Waals surface area contributed by atoms with Crippen LogP contribution >= 0.6 is 0 Å². The largest absolute Gasteiger partial charge is 0.497 e. The van der Waals surface area contributed by atoms with Gasteiger partial charge in [-0.15, -0.1) is 6.58 Å². The number of aliphatic hydroxyl groups is 1. The number of likely N-dealkylation sites (N-methyl/N-ethyl adjacent to an activating group) is 1. The molecule has 6 heteroatoms. The van der Waals surface area contributed by atoms with E-state index >= 15 is 0 Å². The summed E-state index contributed by atoms with van der Waals surface area (Å²) in [6.45, 7) is 6.10. The normalized spacial score (nSPS) is 26.3. The van der Waals surface area contributed by atoms with Crippen molar-refractivity contribution >= 4 is 12.0 Å². The van der Waals surface area contributed by atoms with Gasteiger partial charge in [0.05, 0.1) is 19.8 Å². The van der Waals surface area contributed by atoms with Crippen LogP contribution in [-0.2, 0) is 10.2 Å². The number of fused-ring (bicyclic) bond motifs is 1. The molecule has 0 spiro atoms. The van der Waals surface area contributed by atoms with Crippen LogP contribution in [0.4, 0.5) is 0 Å². The molecule has 3 atom stereocenters. The number of nitrogens with zero attached hydrogens (tertiary/aromatic N) is 2. The summed E-state index contributed by atoms with van der Waals surface area (Å²) in [5.41, 5.74) is 0.640. The molecule has 0 bridgehead atoms. The van der Waals surface area contributed by atoms with E-state index in [-0.39, 0.29) is 11.9 Å². The zero-order valence-electron chi connectivity index (χ0n) is 21.7. The molecule has 36 heavy (non-hydrogen) atoms. The number of piperidine rings is 1. The molecule has 1 aliphatic carbocycles. The van der Waals surface area contributed by atoms with Crippen LogP contribution in [0.25, 0.3) is 6.08 Å². The average molecular weight is 491 g/mol. The number of likely N-dealkylation sites (tertiary alicyclic amines) is 1. The number of rotatable bonds is 8. The Morgan fingerprint density at radius 1 is 1.17 bits per heavy atom. The fourth-order valence-corrected chi connectivity index (χ4v) is 6.03. The Hall–Kier alpha value is -3.09. The van der Waals surface area contributed by atoms with Crippen LogP contribution in [0.15, 0.2) is 67.3 Å². The summed E-state index contributed by atoms with van der Waals surface area (Å²) >= 11 is 0. The third kappa shape index (κ3) is 5.06. The van der Waals surface area contributed by atoms with Crippen LogP contribution in [0, 0.1) is 0 Å². The van der Waals surface area contributed by atoms with E-state index in [1.165, 1.54) is 0 Å². The molecule has 2 aromatic carbocycles. The zero-order chi connectivity index (χ0) is 25.8. The molecular formula is C30H38N2O4. The Morgan fingerprint density at radius 2 is 1.89 bits per heavy atom. The molecule has 192 valence electrons. The summed E-state index contributed by atoms with van der Waals surface area (Å²) in [5.74, 6) is 1.50. The molecule has 6 nitrogen and oxygen atoms in total. The average Bonchev–Trinajstić information content (AvgIpc) is 2.91. The first-order valence-electron chi connectivity index (χ1n) is 12.6. The van der Waals surface area contributed by atoms with Crippen LogP contribution in [0.1, 0.15) is 36.8 Å². The van der Waals surface area contributed by atoms with Crippen molar-refractivity contribution in [3.63, 3.8) is 0 Å². The lowest BCUT2D eigenvalue weighted by Crippen LogP contribution is -2.67. The Kier molecular flexibility index (Phi) is 7.86. The Balaban J connectivity index is 1.60. The highest BCUT2D eigenvalue weighted by molar-refractivity contribution is 5.91. The fraction of sp³-hybridized carbons (Fsp3) is 0.433. The van der Waals surface area contributed by atoms with E-state index in [1.807, 2.05) is 60.5 Å². The van der Waals surface area contributed by atoms with Crippen molar-refractivity contribution in [2.75, 3.05) is 40.9 Å². The summed E-state index contributed by atoms with van der Waals surface area (Å²) < 4.78 is 10.8. The maximum atomic E-state index is 13.2. The van der Waals surface area contributed by atoms with Crippen molar-refractivity contribution in [1.82, 2.24) is 9.80 Å². The van der Waals surface area contributed by atoms with Gasteiger partial charge in [0.25, 0.3) is 0 Å². The van der Waals surface area contributed by atoms with Crippen LogP contribution in [0.2, 0.25) is 0 Å². The summed E-state index contributed by atoms with van der Waals surface area (Å²) in [5, 5.41) is 12.1. The molecule has 2 aliphatic rings. The van der Waals surface area contributed by atoms with Gasteiger partial charge in [0, 0.05) is 37.7 Å². The molecule has 0 aromatic heterocycles. The molecule has 1 saturated heterocycles. The van der Waals surface area contributed by atoms with Gasteiger partial charge >= 0.3 is 0 Å². The lowest BCUT2D eigenvalue weighted by atomic mass is 9.55. The first kappa shape index (κ1) is 26.0. The lowest BCUT2D eigenvalue weighted by molar-refractivity contribution is -0.143. The van der Waals surface area contributed by atoms with Crippen molar-refractivity contribution in [3.8, 4) is 11.5 Å². The second-order valence-corrected chi connectivity index (χ2v) is 10.1. The molecule has 4 rings (SSSR count). The standard InChI is InChI=1S/C30H38N2O4/c1-5-17-32-18-16-29(24-9-7-11-27(20-24)36-4)21-25(14-15-30(29,34)22-32)31(2)28(33)13-12-23-8-6-10-26(19-23)35-3/h5-13,19-20,25,34H,1,14-18,21-22H2,2-4H3/t25-,29+,30+/m1/s1. The number of methoxy groups -OCH3 is 2. The van der Waals surface area contributed by atoms with Crippen molar-refractivity contribution in [1.29, 1.82) is 0 Å². The van der Waals surface area contributed by atoms with Gasteiger partial charge in [-0.3, -0.25) is 9.69 Å². The van der Waals surface area contributed by atoms with E-state index in [9.17, 15) is 9.90 Å². The number of β-amino-alcohol motifs (C(OH)–C–C–N with tert-alkyl or cyclic N) is 1. The zero-order valence-corrected chi connectivity index (χ0v) is 21.7. The highest BCUT2D eigenvalue weighted by Gasteiger charge is 2.58. The van der Waals surface area contributed by atoms with Crippen molar-refractivity contribution in [3.05, 3.63) is 78.4 Å². The Bertz CT molecular complexity index is 1120. The summed E-state index contributed by atoms with van der Waals surface area (Å²) in [6.07, 6.45) is 8.23. The maximum Gasteiger partial charge on any atom is 0.246 e. The number of carbonyl (C=O) groups excluding carboxylic acids is 1. The van der Waals surface area contributed by atoms with Crippen LogP contribution in [0.5, 0.6) is 11.5 Å². The van der Waals surface area contributed by atoms with E-state index in [2.05, 4.69) is 23.6 Å². The molecule has 2 aromatic rings. The van der Waals surface area contributed by atoms with Crippen molar-refractivity contribution in [2.24, 2.45) is 0 Å². The van der Waals surface area contributed by atoms with Gasteiger partial charge in [-0.1, -0.05) is 30.3 Å². The van der Waals surface area contributed by atoms with Gasteiger partial charge in [-0.2, -0.15) is 0 Å². The highest BCUT2D eigenvalue weighted by atomic mass is 16.5. The third-order valence-corrected chi connectivity index (χ3v) is 8.12. The predicted molar refractivity (Wildman–Crippen MR) is 143 cm³/mol. The summed E-state index contributed by atoms with van der Waals surface area (Å²) in [7, 11) is 5.17. The van der Waals surface area contributed by atoms with Gasteiger partial charge in [-0.25, -0.2) is 0 Å². The molecule has 1 saturated carbocycles. The van der Waals surface area contributed by atoms with E-state index < -0.39 is 11.0 Å². The van der Waals surface area contributed by atoms with Crippen molar-refractivity contribution in [2.45, 2.75) is 42.7 Å². The smallest absolute Gasteiger partial charge is 0.246 e. The van der Waals surface area contributed by atoms with E-state index in [0.717, 1.165) is 48.6 Å². The topological polar surface area (TPSA) is 62.2 Å². The monoisotopic (exact) mass is 490 g/mol. The minimum Gasteiger partial charge on any atom is -0.497 e. The van der Waals surface area contributed by atoms with Crippen LogP contribution < -0.4 is 9.47 Å². The number of hydrogen-bond donors (Lipinski definition) is 1. The van der Waals surface area contributed by atoms with Crippen LogP contribution in [-0.4, -0.2) is 73.4 Å². The predicted octanol–water partition coefficient (Wildman–Crippen LogP) is 4.29. The molecular weight excluding hydrogens is 452 g/mol. The summed E-state index contributed by atoms with van der Waals surface area (Å²) in [4.78, 5) is 17.3. The fourth-order valence-electron chi connectivity index (χ4n) is 6.03. The highest BCUT2D eigenvalue weighted by Crippen LogP contribution is 2.52. The number of amides is 1. The third-order valence-electron chi connectivity index (χ3n) is 8.12.